The number of rotatable bonds is 8. The maximum atomic E-state index is 12.1. The highest BCUT2D eigenvalue weighted by atomic mass is 16.5. The maximum Gasteiger partial charge on any atom is 0.331 e. The molecule has 2 aromatic rings. The molecule has 2 rings (SSSR count). The van der Waals surface area contributed by atoms with E-state index in [1.54, 1.807) is 30.3 Å². The highest BCUT2D eigenvalue weighted by molar-refractivity contribution is 5.95. The third-order valence-electron chi connectivity index (χ3n) is 3.52. The van der Waals surface area contributed by atoms with Gasteiger partial charge >= 0.3 is 5.97 Å². The van der Waals surface area contributed by atoms with E-state index >= 15 is 0 Å². The van der Waals surface area contributed by atoms with Gasteiger partial charge in [-0.2, -0.15) is 0 Å². The number of benzene rings is 2. The molecule has 1 atom stereocenters. The number of amides is 1. The first-order valence-corrected chi connectivity index (χ1v) is 8.53. The number of esters is 1. The fraction of sp³-hybridized carbons (Fsp3) is 0.238. The number of carbonyl (C=O) groups excluding carboxylic acids is 2. The van der Waals surface area contributed by atoms with E-state index in [-0.39, 0.29) is 5.91 Å². The largest absolute Gasteiger partial charge is 0.489 e. The second-order valence-electron chi connectivity index (χ2n) is 5.68. The van der Waals surface area contributed by atoms with E-state index in [9.17, 15) is 9.59 Å². The summed E-state index contributed by atoms with van der Waals surface area (Å²) in [6, 6.07) is 16.9. The summed E-state index contributed by atoms with van der Waals surface area (Å²) in [5.41, 5.74) is 1.69. The summed E-state index contributed by atoms with van der Waals surface area (Å²) in [5, 5.41) is 2.71. The van der Waals surface area contributed by atoms with Crippen LogP contribution in [0.3, 0.4) is 0 Å². The predicted molar refractivity (Wildman–Crippen MR) is 101 cm³/mol. The molecule has 0 fully saturated rings. The second-order valence-corrected chi connectivity index (χ2v) is 5.68. The van der Waals surface area contributed by atoms with Gasteiger partial charge in [0.05, 0.1) is 0 Å². The first-order valence-electron chi connectivity index (χ1n) is 8.53. The average Bonchev–Trinajstić information content (AvgIpc) is 2.66. The number of anilines is 1. The summed E-state index contributed by atoms with van der Waals surface area (Å²) < 4.78 is 10.7. The van der Waals surface area contributed by atoms with Gasteiger partial charge in [-0.1, -0.05) is 43.3 Å². The molecule has 0 unspecified atom stereocenters. The molecule has 5 heteroatoms. The van der Waals surface area contributed by atoms with Gasteiger partial charge in [0, 0.05) is 11.8 Å². The third kappa shape index (κ3) is 6.43. The average molecular weight is 353 g/mol. The van der Waals surface area contributed by atoms with E-state index in [1.165, 1.54) is 13.0 Å². The summed E-state index contributed by atoms with van der Waals surface area (Å²) in [6.07, 6.45) is 2.86. The van der Waals surface area contributed by atoms with Crippen LogP contribution in [-0.2, 0) is 20.9 Å². The Kier molecular flexibility index (Phi) is 7.43. The van der Waals surface area contributed by atoms with E-state index in [0.29, 0.717) is 18.0 Å². The van der Waals surface area contributed by atoms with Gasteiger partial charge in [0.25, 0.3) is 5.91 Å². The SMILES string of the molecule is CC/C=C/C(=O)O[C@H](C)C(=O)Nc1ccc(OCc2ccccc2)cc1. The molecule has 0 saturated heterocycles. The summed E-state index contributed by atoms with van der Waals surface area (Å²) in [5.74, 6) is -0.212. The predicted octanol–water partition coefficient (Wildman–Crippen LogP) is 4.10. The number of hydrogen-bond acceptors (Lipinski definition) is 4. The molecule has 0 saturated carbocycles. The topological polar surface area (TPSA) is 64.6 Å². The number of allylic oxidation sites excluding steroid dienone is 1. The number of nitrogens with one attached hydrogen (secondary N) is 1. The van der Waals surface area contributed by atoms with Crippen LogP contribution >= 0.6 is 0 Å². The van der Waals surface area contributed by atoms with Gasteiger partial charge in [-0.3, -0.25) is 4.79 Å². The van der Waals surface area contributed by atoms with Gasteiger partial charge < -0.3 is 14.8 Å². The molecule has 1 amide bonds. The standard InChI is InChI=1S/C21H23NO4/c1-3-4-10-20(23)26-16(2)21(24)22-18-11-13-19(14-12-18)25-15-17-8-6-5-7-9-17/h4-14,16H,3,15H2,1-2H3,(H,22,24)/b10-4+/t16-/m1/s1. The Balaban J connectivity index is 1.83. The Morgan fingerprint density at radius 3 is 2.42 bits per heavy atom. The minimum Gasteiger partial charge on any atom is -0.489 e. The van der Waals surface area contributed by atoms with Crippen LogP contribution in [-0.4, -0.2) is 18.0 Å². The van der Waals surface area contributed by atoms with Gasteiger partial charge in [0.15, 0.2) is 6.10 Å². The molecule has 0 bridgehead atoms. The van der Waals surface area contributed by atoms with Crippen molar-refractivity contribution in [3.8, 4) is 5.75 Å². The lowest BCUT2D eigenvalue weighted by Gasteiger charge is -2.13. The highest BCUT2D eigenvalue weighted by Crippen LogP contribution is 2.17. The van der Waals surface area contributed by atoms with Crippen molar-refractivity contribution in [3.05, 3.63) is 72.3 Å². The Morgan fingerprint density at radius 2 is 1.77 bits per heavy atom. The van der Waals surface area contributed by atoms with E-state index in [0.717, 1.165) is 12.0 Å². The van der Waals surface area contributed by atoms with Gasteiger partial charge in [0.2, 0.25) is 0 Å². The second kappa shape index (κ2) is 10.0. The van der Waals surface area contributed by atoms with Crippen LogP contribution in [0.15, 0.2) is 66.7 Å². The lowest BCUT2D eigenvalue weighted by Crippen LogP contribution is -2.29. The van der Waals surface area contributed by atoms with Gasteiger partial charge in [-0.25, -0.2) is 4.79 Å². The van der Waals surface area contributed by atoms with Crippen molar-refractivity contribution >= 4 is 17.6 Å². The van der Waals surface area contributed by atoms with Crippen LogP contribution in [0.25, 0.3) is 0 Å². The molecule has 26 heavy (non-hydrogen) atoms. The minimum absolute atomic E-state index is 0.388. The zero-order valence-electron chi connectivity index (χ0n) is 15.0. The third-order valence-corrected chi connectivity index (χ3v) is 3.52. The number of carbonyl (C=O) groups is 2. The molecule has 0 aliphatic heterocycles. The zero-order valence-corrected chi connectivity index (χ0v) is 15.0. The molecule has 0 heterocycles. The van der Waals surface area contributed by atoms with Crippen LogP contribution in [0.5, 0.6) is 5.75 Å². The van der Waals surface area contributed by atoms with Crippen molar-refractivity contribution in [2.75, 3.05) is 5.32 Å². The van der Waals surface area contributed by atoms with Crippen molar-refractivity contribution in [2.24, 2.45) is 0 Å². The van der Waals surface area contributed by atoms with Crippen LogP contribution in [0, 0.1) is 0 Å². The van der Waals surface area contributed by atoms with E-state index < -0.39 is 12.1 Å². The van der Waals surface area contributed by atoms with Crippen molar-refractivity contribution in [2.45, 2.75) is 33.0 Å². The van der Waals surface area contributed by atoms with Crippen molar-refractivity contribution in [1.29, 1.82) is 0 Å². The van der Waals surface area contributed by atoms with E-state index in [1.807, 2.05) is 37.3 Å². The Hall–Kier alpha value is -3.08. The molecule has 0 radical (unpaired) electrons. The summed E-state index contributed by atoms with van der Waals surface area (Å²) in [4.78, 5) is 23.6. The molecular formula is C21H23NO4. The zero-order chi connectivity index (χ0) is 18.8. The summed E-state index contributed by atoms with van der Waals surface area (Å²) >= 11 is 0. The normalized spacial score (nSPS) is 11.8. The molecule has 5 nitrogen and oxygen atoms in total. The molecule has 0 aromatic heterocycles. The molecule has 0 aliphatic rings. The Morgan fingerprint density at radius 1 is 1.08 bits per heavy atom. The first kappa shape index (κ1) is 19.2. The Bertz CT molecular complexity index is 738. The first-order chi connectivity index (χ1) is 12.6. The molecule has 0 aliphatic carbocycles. The van der Waals surface area contributed by atoms with Gasteiger partial charge in [-0.15, -0.1) is 0 Å². The van der Waals surface area contributed by atoms with Gasteiger partial charge in [0.1, 0.15) is 12.4 Å². The maximum absolute atomic E-state index is 12.1. The van der Waals surface area contributed by atoms with E-state index in [2.05, 4.69) is 5.32 Å². The van der Waals surface area contributed by atoms with Crippen LogP contribution in [0.4, 0.5) is 5.69 Å². The lowest BCUT2D eigenvalue weighted by molar-refractivity contribution is -0.148. The Labute approximate surface area is 153 Å². The number of ether oxygens (including phenoxy) is 2. The molecule has 0 spiro atoms. The van der Waals surface area contributed by atoms with Crippen LogP contribution in [0.2, 0.25) is 0 Å². The monoisotopic (exact) mass is 353 g/mol. The van der Waals surface area contributed by atoms with Crippen LogP contribution in [0.1, 0.15) is 25.8 Å². The highest BCUT2D eigenvalue weighted by Gasteiger charge is 2.16. The lowest BCUT2D eigenvalue weighted by atomic mass is 10.2. The van der Waals surface area contributed by atoms with Crippen molar-refractivity contribution in [3.63, 3.8) is 0 Å². The molecule has 2 aromatic carbocycles. The molecular weight excluding hydrogens is 330 g/mol. The fourth-order valence-corrected chi connectivity index (χ4v) is 2.10. The summed E-state index contributed by atoms with van der Waals surface area (Å²) in [7, 11) is 0. The molecule has 1 N–H and O–H groups in total. The van der Waals surface area contributed by atoms with Gasteiger partial charge in [-0.05, 0) is 43.2 Å². The fourth-order valence-electron chi connectivity index (χ4n) is 2.10. The smallest absolute Gasteiger partial charge is 0.331 e. The van der Waals surface area contributed by atoms with E-state index in [4.69, 9.17) is 9.47 Å². The van der Waals surface area contributed by atoms with Crippen molar-refractivity contribution < 1.29 is 19.1 Å². The quantitative estimate of drug-likeness (QED) is 0.573. The number of hydrogen-bond donors (Lipinski definition) is 1. The molecule has 136 valence electrons. The minimum atomic E-state index is -0.877. The van der Waals surface area contributed by atoms with Crippen LogP contribution < -0.4 is 10.1 Å². The van der Waals surface area contributed by atoms with Crippen molar-refractivity contribution in [1.82, 2.24) is 0 Å². The summed E-state index contributed by atoms with van der Waals surface area (Å²) in [6.45, 7) is 3.92.